The number of pyridine rings is 1. The monoisotopic (exact) mass is 425 g/mol. The predicted octanol–water partition coefficient (Wildman–Crippen LogP) is 4.95. The van der Waals surface area contributed by atoms with Crippen LogP contribution in [0.3, 0.4) is 0 Å². The Morgan fingerprint density at radius 1 is 1.09 bits per heavy atom. The Morgan fingerprint density at radius 2 is 1.97 bits per heavy atom. The van der Waals surface area contributed by atoms with E-state index in [2.05, 4.69) is 15.3 Å². The third-order valence-corrected chi connectivity index (χ3v) is 5.19. The number of nitrogens with zero attached hydrogens (tertiary/aromatic N) is 1. The standard InChI is InChI=1S/C25H19N3O4/c1-15-10-25(30)32-22-12-18(7-8-19(15)22)31-24-9-6-17(14-27-24)28-23(29)11-16-13-26-21-5-3-2-4-20(16)21/h2-10,12-14,26H,11H2,1H3,(H,28,29). The molecule has 0 aliphatic carbocycles. The fourth-order valence-electron chi connectivity index (χ4n) is 3.66. The van der Waals surface area contributed by atoms with E-state index >= 15 is 0 Å². The number of rotatable bonds is 5. The second kappa shape index (κ2) is 8.03. The summed E-state index contributed by atoms with van der Waals surface area (Å²) in [4.78, 5) is 31.5. The second-order valence-electron chi connectivity index (χ2n) is 7.48. The summed E-state index contributed by atoms with van der Waals surface area (Å²) in [6.07, 6.45) is 3.64. The molecule has 0 aliphatic heterocycles. The second-order valence-corrected chi connectivity index (χ2v) is 7.48. The van der Waals surface area contributed by atoms with E-state index < -0.39 is 5.63 Å². The van der Waals surface area contributed by atoms with Crippen molar-refractivity contribution < 1.29 is 13.9 Å². The summed E-state index contributed by atoms with van der Waals surface area (Å²) in [5.41, 5.74) is 3.40. The molecule has 0 aliphatic rings. The van der Waals surface area contributed by atoms with Crippen LogP contribution in [-0.4, -0.2) is 15.9 Å². The van der Waals surface area contributed by atoms with E-state index in [9.17, 15) is 9.59 Å². The molecule has 158 valence electrons. The Balaban J connectivity index is 1.26. The number of amides is 1. The number of carbonyl (C=O) groups is 1. The van der Waals surface area contributed by atoms with Gasteiger partial charge < -0.3 is 19.5 Å². The molecule has 5 aromatic rings. The fraction of sp³-hybridized carbons (Fsp3) is 0.0800. The van der Waals surface area contributed by atoms with Gasteiger partial charge in [-0.05, 0) is 42.3 Å². The number of para-hydroxylation sites is 1. The average Bonchev–Trinajstić information content (AvgIpc) is 3.17. The van der Waals surface area contributed by atoms with Crippen LogP contribution in [0.15, 0.2) is 82.3 Å². The first-order chi connectivity index (χ1) is 15.5. The molecule has 5 rings (SSSR count). The fourth-order valence-corrected chi connectivity index (χ4v) is 3.66. The maximum absolute atomic E-state index is 12.5. The van der Waals surface area contributed by atoms with Gasteiger partial charge in [-0.2, -0.15) is 0 Å². The first kappa shape index (κ1) is 19.6. The molecule has 0 saturated carbocycles. The van der Waals surface area contributed by atoms with E-state index in [1.54, 1.807) is 24.3 Å². The van der Waals surface area contributed by atoms with Gasteiger partial charge in [0.1, 0.15) is 11.3 Å². The Bertz CT molecular complexity index is 1500. The van der Waals surface area contributed by atoms with Gasteiger partial charge in [0.25, 0.3) is 0 Å². The Kier molecular flexibility index (Phi) is 4.91. The lowest BCUT2D eigenvalue weighted by Crippen LogP contribution is -2.14. The zero-order valence-corrected chi connectivity index (χ0v) is 17.2. The highest BCUT2D eigenvalue weighted by molar-refractivity contribution is 5.95. The molecule has 0 bridgehead atoms. The van der Waals surface area contributed by atoms with E-state index in [0.29, 0.717) is 22.9 Å². The number of ether oxygens (including phenoxy) is 1. The number of fused-ring (bicyclic) bond motifs is 2. The van der Waals surface area contributed by atoms with Crippen molar-refractivity contribution in [1.82, 2.24) is 9.97 Å². The minimum Gasteiger partial charge on any atom is -0.439 e. The van der Waals surface area contributed by atoms with Crippen molar-refractivity contribution in [2.45, 2.75) is 13.3 Å². The largest absolute Gasteiger partial charge is 0.439 e. The number of nitrogens with one attached hydrogen (secondary N) is 2. The lowest BCUT2D eigenvalue weighted by Gasteiger charge is -2.08. The van der Waals surface area contributed by atoms with E-state index in [0.717, 1.165) is 27.4 Å². The molecule has 1 amide bonds. The van der Waals surface area contributed by atoms with E-state index in [1.165, 1.54) is 12.3 Å². The highest BCUT2D eigenvalue weighted by Gasteiger charge is 2.10. The molecule has 32 heavy (non-hydrogen) atoms. The van der Waals surface area contributed by atoms with Crippen molar-refractivity contribution >= 4 is 33.5 Å². The Labute approximate surface area is 182 Å². The first-order valence-corrected chi connectivity index (χ1v) is 10.1. The smallest absolute Gasteiger partial charge is 0.336 e. The molecule has 0 saturated heterocycles. The topological polar surface area (TPSA) is 97.2 Å². The Hall–Kier alpha value is -4.39. The molecule has 2 N–H and O–H groups in total. The maximum atomic E-state index is 12.5. The van der Waals surface area contributed by atoms with Gasteiger partial charge in [-0.1, -0.05) is 18.2 Å². The van der Waals surface area contributed by atoms with Crippen LogP contribution in [0.4, 0.5) is 5.69 Å². The van der Waals surface area contributed by atoms with Gasteiger partial charge in [-0.15, -0.1) is 0 Å². The van der Waals surface area contributed by atoms with Gasteiger partial charge in [0, 0.05) is 40.7 Å². The number of aromatic nitrogens is 2. The minimum atomic E-state index is -0.405. The summed E-state index contributed by atoms with van der Waals surface area (Å²) >= 11 is 0. The van der Waals surface area contributed by atoms with E-state index in [1.807, 2.05) is 43.5 Å². The highest BCUT2D eigenvalue weighted by Crippen LogP contribution is 2.26. The summed E-state index contributed by atoms with van der Waals surface area (Å²) in [5.74, 6) is 0.717. The number of anilines is 1. The zero-order chi connectivity index (χ0) is 22.1. The summed E-state index contributed by atoms with van der Waals surface area (Å²) in [5, 5.41) is 4.73. The van der Waals surface area contributed by atoms with E-state index in [4.69, 9.17) is 9.15 Å². The third-order valence-electron chi connectivity index (χ3n) is 5.19. The van der Waals surface area contributed by atoms with Gasteiger partial charge in [-0.25, -0.2) is 9.78 Å². The van der Waals surface area contributed by atoms with Gasteiger partial charge in [0.2, 0.25) is 11.8 Å². The number of benzene rings is 2. The van der Waals surface area contributed by atoms with Crippen LogP contribution in [0.2, 0.25) is 0 Å². The SMILES string of the molecule is Cc1cc(=O)oc2cc(Oc3ccc(NC(=O)Cc4c[nH]c5ccccc45)cn3)ccc12. The van der Waals surface area contributed by atoms with Gasteiger partial charge in [0.05, 0.1) is 18.3 Å². The summed E-state index contributed by atoms with van der Waals surface area (Å²) in [6, 6.07) is 18.0. The zero-order valence-electron chi connectivity index (χ0n) is 17.2. The number of aromatic amines is 1. The molecule has 0 atom stereocenters. The van der Waals surface area contributed by atoms with Crippen molar-refractivity contribution in [1.29, 1.82) is 0 Å². The van der Waals surface area contributed by atoms with Gasteiger partial charge >= 0.3 is 5.63 Å². The van der Waals surface area contributed by atoms with Crippen LogP contribution in [0.1, 0.15) is 11.1 Å². The molecule has 7 heteroatoms. The molecule has 0 unspecified atom stereocenters. The Morgan fingerprint density at radius 3 is 2.81 bits per heavy atom. The molecule has 0 fully saturated rings. The van der Waals surface area contributed by atoms with Crippen LogP contribution in [0.5, 0.6) is 11.6 Å². The quantitative estimate of drug-likeness (QED) is 0.388. The normalized spacial score (nSPS) is 11.0. The summed E-state index contributed by atoms with van der Waals surface area (Å²) in [7, 11) is 0. The highest BCUT2D eigenvalue weighted by atomic mass is 16.5. The number of aryl methyl sites for hydroxylation is 1. The predicted molar refractivity (Wildman–Crippen MR) is 122 cm³/mol. The van der Waals surface area contributed by atoms with Crippen LogP contribution in [0.25, 0.3) is 21.9 Å². The lowest BCUT2D eigenvalue weighted by molar-refractivity contribution is -0.115. The maximum Gasteiger partial charge on any atom is 0.336 e. The van der Waals surface area contributed by atoms with Crippen molar-refractivity contribution in [2.75, 3.05) is 5.32 Å². The average molecular weight is 425 g/mol. The van der Waals surface area contributed by atoms with E-state index in [-0.39, 0.29) is 12.3 Å². The van der Waals surface area contributed by atoms with Crippen molar-refractivity contribution in [3.8, 4) is 11.6 Å². The van der Waals surface area contributed by atoms with Gasteiger partial charge in [0.15, 0.2) is 0 Å². The van der Waals surface area contributed by atoms with Gasteiger partial charge in [-0.3, -0.25) is 4.79 Å². The third kappa shape index (κ3) is 3.96. The number of H-pyrrole nitrogens is 1. The molecule has 3 aromatic heterocycles. The lowest BCUT2D eigenvalue weighted by atomic mass is 10.1. The molecule has 2 aromatic carbocycles. The summed E-state index contributed by atoms with van der Waals surface area (Å²) in [6.45, 7) is 1.85. The van der Waals surface area contributed by atoms with Crippen molar-refractivity contribution in [3.63, 3.8) is 0 Å². The van der Waals surface area contributed by atoms with Crippen LogP contribution in [-0.2, 0) is 11.2 Å². The van der Waals surface area contributed by atoms with Crippen LogP contribution in [0, 0.1) is 6.92 Å². The number of hydrogen-bond acceptors (Lipinski definition) is 5. The van der Waals surface area contributed by atoms with Crippen molar-refractivity contribution in [2.24, 2.45) is 0 Å². The number of hydrogen-bond donors (Lipinski definition) is 2. The number of carbonyl (C=O) groups excluding carboxylic acids is 1. The van der Waals surface area contributed by atoms with Crippen molar-refractivity contribution in [3.05, 3.63) is 94.6 Å². The van der Waals surface area contributed by atoms with Crippen LogP contribution < -0.4 is 15.7 Å². The molecule has 7 nitrogen and oxygen atoms in total. The molecule has 0 radical (unpaired) electrons. The molecule has 0 spiro atoms. The minimum absolute atomic E-state index is 0.134. The summed E-state index contributed by atoms with van der Waals surface area (Å²) < 4.78 is 11.0. The van der Waals surface area contributed by atoms with Crippen LogP contribution >= 0.6 is 0 Å². The molecular weight excluding hydrogens is 406 g/mol. The first-order valence-electron chi connectivity index (χ1n) is 10.1. The molecular formula is C25H19N3O4. The molecule has 3 heterocycles.